The van der Waals surface area contributed by atoms with Gasteiger partial charge in [-0.1, -0.05) is 30.3 Å². The molecule has 4 aliphatic carbocycles. The second-order valence-electron chi connectivity index (χ2n) is 7.09. The van der Waals surface area contributed by atoms with E-state index in [2.05, 4.69) is 24.3 Å². The van der Waals surface area contributed by atoms with Crippen LogP contribution in [0.25, 0.3) is 0 Å². The van der Waals surface area contributed by atoms with Crippen LogP contribution in [0, 0.1) is 23.2 Å². The van der Waals surface area contributed by atoms with Crippen molar-refractivity contribution in [3.05, 3.63) is 35.9 Å². The molecule has 4 bridgehead atoms. The van der Waals surface area contributed by atoms with E-state index in [1.54, 1.807) is 0 Å². The van der Waals surface area contributed by atoms with Crippen LogP contribution in [-0.4, -0.2) is 5.11 Å². The molecule has 1 unspecified atom stereocenters. The summed E-state index contributed by atoms with van der Waals surface area (Å²) in [5, 5.41) is 10.9. The maximum Gasteiger partial charge on any atom is 0.0846 e. The monoisotopic (exact) mass is 242 g/mol. The van der Waals surface area contributed by atoms with Crippen molar-refractivity contribution in [2.75, 3.05) is 0 Å². The van der Waals surface area contributed by atoms with Crippen LogP contribution in [0.5, 0.6) is 0 Å². The molecule has 0 saturated heterocycles. The summed E-state index contributed by atoms with van der Waals surface area (Å²) in [7, 11) is 0. The van der Waals surface area contributed by atoms with E-state index in [1.165, 1.54) is 38.5 Å². The van der Waals surface area contributed by atoms with Crippen LogP contribution in [0.2, 0.25) is 0 Å². The molecule has 18 heavy (non-hydrogen) atoms. The largest absolute Gasteiger partial charge is 0.388 e. The fourth-order valence-corrected chi connectivity index (χ4v) is 5.50. The van der Waals surface area contributed by atoms with Crippen molar-refractivity contribution < 1.29 is 5.11 Å². The van der Waals surface area contributed by atoms with Crippen LogP contribution in [-0.2, 0) is 0 Å². The van der Waals surface area contributed by atoms with Crippen LogP contribution < -0.4 is 0 Å². The molecule has 0 aromatic heterocycles. The average molecular weight is 242 g/mol. The standard InChI is InChI=1S/C17H22O/c18-16(15-4-2-1-3-5-15)17-9-12-6-13(10-17)8-14(7-12)11-17/h1-5,12-14,16,18H,6-11H2. The Morgan fingerprint density at radius 2 is 1.39 bits per heavy atom. The van der Waals surface area contributed by atoms with Crippen molar-refractivity contribution in [1.82, 2.24) is 0 Å². The number of aliphatic hydroxyl groups is 1. The molecule has 0 heterocycles. The Bertz CT molecular complexity index is 401. The molecule has 4 saturated carbocycles. The molecule has 0 radical (unpaired) electrons. The number of hydrogen-bond donors (Lipinski definition) is 1. The van der Waals surface area contributed by atoms with Gasteiger partial charge in [-0.15, -0.1) is 0 Å². The van der Waals surface area contributed by atoms with Crippen molar-refractivity contribution in [2.45, 2.75) is 44.6 Å². The highest BCUT2D eigenvalue weighted by Gasteiger charge is 2.54. The smallest absolute Gasteiger partial charge is 0.0846 e. The summed E-state index contributed by atoms with van der Waals surface area (Å²) in [4.78, 5) is 0. The molecular formula is C17H22O. The lowest BCUT2D eigenvalue weighted by Gasteiger charge is -2.58. The van der Waals surface area contributed by atoms with Gasteiger partial charge >= 0.3 is 0 Å². The zero-order valence-corrected chi connectivity index (χ0v) is 10.9. The van der Waals surface area contributed by atoms with E-state index in [4.69, 9.17) is 0 Å². The number of hydrogen-bond acceptors (Lipinski definition) is 1. The van der Waals surface area contributed by atoms with Crippen LogP contribution >= 0.6 is 0 Å². The number of benzene rings is 1. The molecule has 5 rings (SSSR count). The fourth-order valence-electron chi connectivity index (χ4n) is 5.50. The van der Waals surface area contributed by atoms with E-state index in [0.29, 0.717) is 0 Å². The molecule has 0 aliphatic heterocycles. The van der Waals surface area contributed by atoms with Gasteiger partial charge in [0, 0.05) is 5.41 Å². The third-order valence-corrected chi connectivity index (χ3v) is 5.78. The third-order valence-electron chi connectivity index (χ3n) is 5.78. The molecule has 1 N–H and O–H groups in total. The molecule has 0 spiro atoms. The summed E-state index contributed by atoms with van der Waals surface area (Å²) < 4.78 is 0. The van der Waals surface area contributed by atoms with Gasteiger partial charge in [0.25, 0.3) is 0 Å². The Hall–Kier alpha value is -0.820. The zero-order valence-electron chi connectivity index (χ0n) is 10.9. The maximum atomic E-state index is 10.9. The van der Waals surface area contributed by atoms with E-state index in [1.807, 2.05) is 6.07 Å². The first-order valence-electron chi connectivity index (χ1n) is 7.48. The molecule has 1 nitrogen and oxygen atoms in total. The topological polar surface area (TPSA) is 20.2 Å². The molecule has 1 aromatic carbocycles. The maximum absolute atomic E-state index is 10.9. The summed E-state index contributed by atoms with van der Waals surface area (Å²) >= 11 is 0. The second kappa shape index (κ2) is 3.84. The molecule has 1 heteroatoms. The molecular weight excluding hydrogens is 220 g/mol. The van der Waals surface area contributed by atoms with E-state index in [9.17, 15) is 5.11 Å². The Morgan fingerprint density at radius 3 is 1.89 bits per heavy atom. The fraction of sp³-hybridized carbons (Fsp3) is 0.647. The van der Waals surface area contributed by atoms with E-state index < -0.39 is 0 Å². The van der Waals surface area contributed by atoms with Crippen molar-refractivity contribution in [1.29, 1.82) is 0 Å². The second-order valence-corrected chi connectivity index (χ2v) is 7.09. The minimum atomic E-state index is -0.230. The molecule has 0 amide bonds. The highest BCUT2D eigenvalue weighted by atomic mass is 16.3. The summed E-state index contributed by atoms with van der Waals surface area (Å²) in [5.41, 5.74) is 1.36. The quantitative estimate of drug-likeness (QED) is 0.833. The number of rotatable bonds is 2. The first kappa shape index (κ1) is 11.0. The average Bonchev–Trinajstić information content (AvgIpc) is 2.37. The van der Waals surface area contributed by atoms with Gasteiger partial charge in [0.05, 0.1) is 6.10 Å². The van der Waals surface area contributed by atoms with Gasteiger partial charge in [-0.2, -0.15) is 0 Å². The van der Waals surface area contributed by atoms with Crippen LogP contribution in [0.15, 0.2) is 30.3 Å². The van der Waals surface area contributed by atoms with Crippen LogP contribution in [0.4, 0.5) is 0 Å². The lowest BCUT2D eigenvalue weighted by Crippen LogP contribution is -2.48. The molecule has 1 atom stereocenters. The predicted octanol–water partition coefficient (Wildman–Crippen LogP) is 3.94. The Labute approximate surface area is 109 Å². The normalized spacial score (nSPS) is 43.1. The van der Waals surface area contributed by atoms with Gasteiger partial charge in [0.2, 0.25) is 0 Å². The lowest BCUT2D eigenvalue weighted by molar-refractivity contribution is -0.122. The minimum absolute atomic E-state index is 0.218. The summed E-state index contributed by atoms with van der Waals surface area (Å²) in [6, 6.07) is 10.3. The van der Waals surface area contributed by atoms with E-state index in [-0.39, 0.29) is 11.5 Å². The van der Waals surface area contributed by atoms with Crippen molar-refractivity contribution in [2.24, 2.45) is 23.2 Å². The minimum Gasteiger partial charge on any atom is -0.388 e. The lowest BCUT2D eigenvalue weighted by atomic mass is 9.47. The van der Waals surface area contributed by atoms with Crippen molar-refractivity contribution in [3.8, 4) is 0 Å². The molecule has 1 aromatic rings. The van der Waals surface area contributed by atoms with Gasteiger partial charge < -0.3 is 5.11 Å². The molecule has 4 aliphatic rings. The Morgan fingerprint density at radius 1 is 0.889 bits per heavy atom. The van der Waals surface area contributed by atoms with Gasteiger partial charge in [0.15, 0.2) is 0 Å². The van der Waals surface area contributed by atoms with Gasteiger partial charge in [-0.25, -0.2) is 0 Å². The van der Waals surface area contributed by atoms with Crippen LogP contribution in [0.1, 0.15) is 50.2 Å². The van der Waals surface area contributed by atoms with E-state index >= 15 is 0 Å². The first-order valence-corrected chi connectivity index (χ1v) is 7.48. The van der Waals surface area contributed by atoms with Crippen LogP contribution in [0.3, 0.4) is 0 Å². The highest BCUT2D eigenvalue weighted by molar-refractivity contribution is 5.21. The Balaban J connectivity index is 1.67. The number of aliphatic hydroxyl groups excluding tert-OH is 1. The molecule has 96 valence electrons. The van der Waals surface area contributed by atoms with Crippen molar-refractivity contribution >= 4 is 0 Å². The third kappa shape index (κ3) is 1.56. The Kier molecular flexibility index (Phi) is 2.35. The highest BCUT2D eigenvalue weighted by Crippen LogP contribution is 2.63. The van der Waals surface area contributed by atoms with Gasteiger partial charge in [-0.3, -0.25) is 0 Å². The summed E-state index contributed by atoms with van der Waals surface area (Å²) in [6.07, 6.45) is 7.92. The van der Waals surface area contributed by atoms with Crippen molar-refractivity contribution in [3.63, 3.8) is 0 Å². The molecule has 4 fully saturated rings. The van der Waals surface area contributed by atoms with Gasteiger partial charge in [-0.05, 0) is 61.8 Å². The predicted molar refractivity (Wildman–Crippen MR) is 72.0 cm³/mol. The summed E-state index contributed by atoms with van der Waals surface area (Å²) in [5.74, 6) is 2.74. The first-order chi connectivity index (χ1) is 8.75. The van der Waals surface area contributed by atoms with E-state index in [0.717, 1.165) is 23.3 Å². The summed E-state index contributed by atoms with van der Waals surface area (Å²) in [6.45, 7) is 0. The zero-order chi connectivity index (χ0) is 12.2. The van der Waals surface area contributed by atoms with Gasteiger partial charge in [0.1, 0.15) is 0 Å². The SMILES string of the molecule is OC(c1ccccc1)C12CC3CC(CC(C3)C1)C2.